The first-order valence-corrected chi connectivity index (χ1v) is 5.96. The lowest BCUT2D eigenvalue weighted by Crippen LogP contribution is -1.99. The maximum atomic E-state index is 10.2. The van der Waals surface area contributed by atoms with Gasteiger partial charge in [-0.3, -0.25) is 0 Å². The van der Waals surface area contributed by atoms with Gasteiger partial charge in [0.05, 0.1) is 0 Å². The molecule has 0 radical (unpaired) electrons. The maximum Gasteiger partial charge on any atom is 0.104 e. The molecule has 2 aromatic carbocycles. The summed E-state index contributed by atoms with van der Waals surface area (Å²) in [4.78, 5) is 0. The van der Waals surface area contributed by atoms with Crippen molar-refractivity contribution in [1.82, 2.24) is 0 Å². The molecule has 0 bridgehead atoms. The van der Waals surface area contributed by atoms with Crippen molar-refractivity contribution in [3.8, 4) is 0 Å². The number of hydrogen-bond acceptors (Lipinski definition) is 1. The Labute approximate surface area is 107 Å². The molecule has 17 heavy (non-hydrogen) atoms. The zero-order valence-corrected chi connectivity index (χ0v) is 10.7. The van der Waals surface area contributed by atoms with Crippen molar-refractivity contribution in [3.05, 3.63) is 69.7 Å². The summed E-state index contributed by atoms with van der Waals surface area (Å²) in [6, 6.07) is 13.5. The number of aliphatic hydroxyl groups is 1. The first kappa shape index (κ1) is 12.2. The smallest absolute Gasteiger partial charge is 0.104 e. The minimum Gasteiger partial charge on any atom is -0.384 e. The van der Waals surface area contributed by atoms with Crippen LogP contribution in [0.15, 0.2) is 42.5 Å². The van der Waals surface area contributed by atoms with Crippen LogP contribution in [0.3, 0.4) is 0 Å². The van der Waals surface area contributed by atoms with Crippen molar-refractivity contribution in [2.45, 2.75) is 20.0 Å². The normalized spacial score (nSPS) is 12.5. The Hall–Kier alpha value is -1.31. The summed E-state index contributed by atoms with van der Waals surface area (Å²) in [5, 5.41) is 10.9. The number of benzene rings is 2. The molecule has 0 heterocycles. The third-order valence-corrected chi connectivity index (χ3v) is 3.31. The van der Waals surface area contributed by atoms with Crippen molar-refractivity contribution >= 4 is 11.6 Å². The minimum absolute atomic E-state index is 0.617. The van der Waals surface area contributed by atoms with Crippen LogP contribution in [0.2, 0.25) is 5.02 Å². The summed E-state index contributed by atoms with van der Waals surface area (Å²) in [6.45, 7) is 3.98. The number of halogens is 1. The highest BCUT2D eigenvalue weighted by atomic mass is 35.5. The predicted octanol–water partition coefficient (Wildman–Crippen LogP) is 4.04. The fourth-order valence-electron chi connectivity index (χ4n) is 1.72. The highest BCUT2D eigenvalue weighted by Crippen LogP contribution is 2.26. The lowest BCUT2D eigenvalue weighted by molar-refractivity contribution is 0.220. The molecule has 0 aliphatic carbocycles. The van der Waals surface area contributed by atoms with Gasteiger partial charge in [0.25, 0.3) is 0 Å². The molecule has 0 aliphatic heterocycles. The van der Waals surface area contributed by atoms with Gasteiger partial charge in [0.2, 0.25) is 0 Å². The van der Waals surface area contributed by atoms with E-state index in [2.05, 4.69) is 0 Å². The molecule has 1 N–H and O–H groups in total. The minimum atomic E-state index is -0.617. The Kier molecular flexibility index (Phi) is 3.51. The van der Waals surface area contributed by atoms with Crippen molar-refractivity contribution in [2.24, 2.45) is 0 Å². The zero-order chi connectivity index (χ0) is 12.4. The summed E-state index contributed by atoms with van der Waals surface area (Å²) < 4.78 is 0. The van der Waals surface area contributed by atoms with Crippen molar-refractivity contribution in [3.63, 3.8) is 0 Å². The lowest BCUT2D eigenvalue weighted by Gasteiger charge is -2.12. The van der Waals surface area contributed by atoms with Gasteiger partial charge in [-0.2, -0.15) is 0 Å². The van der Waals surface area contributed by atoms with E-state index in [0.717, 1.165) is 16.7 Å². The third kappa shape index (κ3) is 2.68. The summed E-state index contributed by atoms with van der Waals surface area (Å²) in [7, 11) is 0. The Morgan fingerprint density at radius 2 is 1.53 bits per heavy atom. The van der Waals surface area contributed by atoms with E-state index in [1.807, 2.05) is 56.3 Å². The highest BCUT2D eigenvalue weighted by molar-refractivity contribution is 6.31. The summed E-state index contributed by atoms with van der Waals surface area (Å²) in [5.74, 6) is 0. The molecule has 0 saturated carbocycles. The van der Waals surface area contributed by atoms with E-state index in [1.165, 1.54) is 5.56 Å². The molecule has 88 valence electrons. The van der Waals surface area contributed by atoms with Gasteiger partial charge in [-0.1, -0.05) is 53.6 Å². The van der Waals surface area contributed by atoms with Gasteiger partial charge in [-0.15, -0.1) is 0 Å². The molecule has 0 fully saturated rings. The quantitative estimate of drug-likeness (QED) is 0.848. The van der Waals surface area contributed by atoms with Crippen LogP contribution in [-0.4, -0.2) is 5.11 Å². The van der Waals surface area contributed by atoms with Crippen molar-refractivity contribution in [2.75, 3.05) is 0 Å². The van der Waals surface area contributed by atoms with Gasteiger partial charge in [0.1, 0.15) is 6.10 Å². The molecule has 2 rings (SSSR count). The monoisotopic (exact) mass is 246 g/mol. The third-order valence-electron chi connectivity index (χ3n) is 2.90. The molecule has 1 nitrogen and oxygen atoms in total. The van der Waals surface area contributed by atoms with Gasteiger partial charge in [0, 0.05) is 5.02 Å². The Balaban J connectivity index is 2.33. The van der Waals surface area contributed by atoms with E-state index < -0.39 is 6.10 Å². The van der Waals surface area contributed by atoms with Gasteiger partial charge >= 0.3 is 0 Å². The van der Waals surface area contributed by atoms with Gasteiger partial charge in [-0.05, 0) is 36.6 Å². The average Bonchev–Trinajstić information content (AvgIpc) is 2.33. The number of aryl methyl sites for hydroxylation is 2. The molecular weight excluding hydrogens is 232 g/mol. The summed E-state index contributed by atoms with van der Waals surface area (Å²) >= 11 is 6.06. The van der Waals surface area contributed by atoms with E-state index in [1.54, 1.807) is 0 Å². The van der Waals surface area contributed by atoms with E-state index in [-0.39, 0.29) is 0 Å². The molecule has 1 unspecified atom stereocenters. The average molecular weight is 247 g/mol. The van der Waals surface area contributed by atoms with Crippen molar-refractivity contribution in [1.29, 1.82) is 0 Å². The van der Waals surface area contributed by atoms with Crippen LogP contribution < -0.4 is 0 Å². The first-order valence-electron chi connectivity index (χ1n) is 5.58. The molecule has 0 aromatic heterocycles. The first-order chi connectivity index (χ1) is 8.08. The largest absolute Gasteiger partial charge is 0.384 e. The molecule has 0 aliphatic rings. The van der Waals surface area contributed by atoms with E-state index in [9.17, 15) is 5.11 Å². The van der Waals surface area contributed by atoms with E-state index in [0.29, 0.717) is 5.02 Å². The van der Waals surface area contributed by atoms with Crippen LogP contribution in [-0.2, 0) is 0 Å². The summed E-state index contributed by atoms with van der Waals surface area (Å²) in [6.07, 6.45) is -0.617. The molecular formula is C15H15ClO. The van der Waals surface area contributed by atoms with Crippen LogP contribution >= 0.6 is 11.6 Å². The second-order valence-corrected chi connectivity index (χ2v) is 4.73. The Morgan fingerprint density at radius 1 is 0.941 bits per heavy atom. The topological polar surface area (TPSA) is 20.2 Å². The Bertz CT molecular complexity index is 517. The number of aliphatic hydroxyl groups excluding tert-OH is 1. The standard InChI is InChI=1S/C15H15ClO/c1-10-3-6-12(7-4-10)15(17)13-8-5-11(2)14(16)9-13/h3-9,15,17H,1-2H3. The molecule has 0 spiro atoms. The number of rotatable bonds is 2. The number of hydrogen-bond donors (Lipinski definition) is 1. The van der Waals surface area contributed by atoms with Crippen molar-refractivity contribution < 1.29 is 5.11 Å². The fraction of sp³-hybridized carbons (Fsp3) is 0.200. The summed E-state index contributed by atoms with van der Waals surface area (Å²) in [5.41, 5.74) is 3.91. The molecule has 2 heteroatoms. The zero-order valence-electron chi connectivity index (χ0n) is 9.94. The molecule has 1 atom stereocenters. The predicted molar refractivity (Wildman–Crippen MR) is 71.4 cm³/mol. The van der Waals surface area contributed by atoms with E-state index >= 15 is 0 Å². The van der Waals surface area contributed by atoms with E-state index in [4.69, 9.17) is 11.6 Å². The van der Waals surface area contributed by atoms with Gasteiger partial charge < -0.3 is 5.11 Å². The molecule has 0 saturated heterocycles. The lowest BCUT2D eigenvalue weighted by atomic mass is 10.00. The highest BCUT2D eigenvalue weighted by Gasteiger charge is 2.11. The van der Waals surface area contributed by atoms with Crippen LogP contribution in [0.1, 0.15) is 28.4 Å². The SMILES string of the molecule is Cc1ccc(C(O)c2ccc(C)c(Cl)c2)cc1. The second kappa shape index (κ2) is 4.91. The van der Waals surface area contributed by atoms with Crippen LogP contribution in [0.5, 0.6) is 0 Å². The molecule has 0 amide bonds. The van der Waals surface area contributed by atoms with Crippen LogP contribution in [0.4, 0.5) is 0 Å². The second-order valence-electron chi connectivity index (χ2n) is 4.32. The molecule has 2 aromatic rings. The van der Waals surface area contributed by atoms with Crippen LogP contribution in [0, 0.1) is 13.8 Å². The van der Waals surface area contributed by atoms with Gasteiger partial charge in [0.15, 0.2) is 0 Å². The fourth-order valence-corrected chi connectivity index (χ4v) is 1.91. The Morgan fingerprint density at radius 3 is 2.12 bits per heavy atom. The van der Waals surface area contributed by atoms with Gasteiger partial charge in [-0.25, -0.2) is 0 Å². The van der Waals surface area contributed by atoms with Crippen LogP contribution in [0.25, 0.3) is 0 Å². The maximum absolute atomic E-state index is 10.2.